The molecule has 1 aromatic heterocycles. The van der Waals surface area contributed by atoms with Gasteiger partial charge in [-0.3, -0.25) is 0 Å². The zero-order valence-electron chi connectivity index (χ0n) is 10.8. The highest BCUT2D eigenvalue weighted by atomic mass is 15.0. The molecule has 2 rings (SSSR count). The first-order valence-corrected chi connectivity index (χ1v) is 6.60. The normalized spacial score (nSPS) is 21.8. The second kappa shape index (κ2) is 5.05. The van der Waals surface area contributed by atoms with Gasteiger partial charge in [0.2, 0.25) is 0 Å². The van der Waals surface area contributed by atoms with Gasteiger partial charge in [-0.05, 0) is 43.4 Å². The zero-order valence-corrected chi connectivity index (χ0v) is 10.8. The Hall–Kier alpha value is -0.760. The summed E-state index contributed by atoms with van der Waals surface area (Å²) in [5.41, 5.74) is 3.10. The Morgan fingerprint density at radius 3 is 3.00 bits per heavy atom. The molecule has 0 radical (unpaired) electrons. The maximum atomic E-state index is 3.43. The van der Waals surface area contributed by atoms with Gasteiger partial charge in [0.05, 0.1) is 0 Å². The Bertz CT molecular complexity index is 341. The fourth-order valence-electron chi connectivity index (χ4n) is 2.64. The smallest absolute Gasteiger partial charge is 0.0335 e. The third-order valence-electron chi connectivity index (χ3n) is 3.88. The second-order valence-electron chi connectivity index (χ2n) is 5.18. The summed E-state index contributed by atoms with van der Waals surface area (Å²) in [5, 5.41) is 3.43. The van der Waals surface area contributed by atoms with E-state index in [1.54, 1.807) is 5.56 Å². The van der Waals surface area contributed by atoms with E-state index in [4.69, 9.17) is 0 Å². The molecule has 0 aromatic carbocycles. The maximum absolute atomic E-state index is 3.43. The summed E-state index contributed by atoms with van der Waals surface area (Å²) in [6.45, 7) is 5.76. The number of fused-ring (bicyclic) bond motifs is 1. The number of nitrogens with one attached hydrogen (secondary N) is 1. The van der Waals surface area contributed by atoms with E-state index in [9.17, 15) is 0 Å². The van der Waals surface area contributed by atoms with Crippen LogP contribution in [0.2, 0.25) is 0 Å². The average Bonchev–Trinajstić information content (AvgIpc) is 2.70. The van der Waals surface area contributed by atoms with Crippen molar-refractivity contribution in [2.75, 3.05) is 7.05 Å². The van der Waals surface area contributed by atoms with E-state index in [0.29, 0.717) is 6.04 Å². The van der Waals surface area contributed by atoms with Crippen molar-refractivity contribution in [2.24, 2.45) is 5.92 Å². The fraction of sp³-hybridized carbons (Fsp3) is 0.714. The predicted molar refractivity (Wildman–Crippen MR) is 68.6 cm³/mol. The third-order valence-corrected chi connectivity index (χ3v) is 3.88. The standard InChI is InChI=1S/C14H24N2/c1-4-11(2)8-16-9-12-6-5-7-14(15-3)13(12)10-16/h9-11,14-15H,4-8H2,1-3H3. The maximum Gasteiger partial charge on any atom is 0.0335 e. The lowest BCUT2D eigenvalue weighted by Gasteiger charge is -2.21. The van der Waals surface area contributed by atoms with Crippen LogP contribution in [0, 0.1) is 5.92 Å². The fourth-order valence-corrected chi connectivity index (χ4v) is 2.64. The van der Waals surface area contributed by atoms with E-state index in [-0.39, 0.29) is 0 Å². The average molecular weight is 220 g/mol. The molecule has 0 fully saturated rings. The molecular formula is C14H24N2. The van der Waals surface area contributed by atoms with Crippen LogP contribution in [0.25, 0.3) is 0 Å². The number of rotatable bonds is 4. The van der Waals surface area contributed by atoms with E-state index in [0.717, 1.165) is 5.92 Å². The van der Waals surface area contributed by atoms with Crippen LogP contribution in [0.15, 0.2) is 12.4 Å². The van der Waals surface area contributed by atoms with Gasteiger partial charge in [-0.15, -0.1) is 0 Å². The summed E-state index contributed by atoms with van der Waals surface area (Å²) in [6, 6.07) is 0.585. The number of hydrogen-bond donors (Lipinski definition) is 1. The molecule has 0 spiro atoms. The summed E-state index contributed by atoms with van der Waals surface area (Å²) in [4.78, 5) is 0. The van der Waals surface area contributed by atoms with Crippen molar-refractivity contribution < 1.29 is 0 Å². The summed E-state index contributed by atoms with van der Waals surface area (Å²) in [5.74, 6) is 0.780. The first-order valence-electron chi connectivity index (χ1n) is 6.60. The highest BCUT2D eigenvalue weighted by Gasteiger charge is 2.20. The Kier molecular flexibility index (Phi) is 3.70. The number of hydrogen-bond acceptors (Lipinski definition) is 1. The molecule has 0 amide bonds. The van der Waals surface area contributed by atoms with Gasteiger partial charge in [0.25, 0.3) is 0 Å². The van der Waals surface area contributed by atoms with Crippen molar-refractivity contribution in [1.82, 2.24) is 9.88 Å². The minimum absolute atomic E-state index is 0.585. The Balaban J connectivity index is 2.15. The van der Waals surface area contributed by atoms with Gasteiger partial charge in [0.1, 0.15) is 0 Å². The van der Waals surface area contributed by atoms with Crippen molar-refractivity contribution in [1.29, 1.82) is 0 Å². The second-order valence-corrected chi connectivity index (χ2v) is 5.18. The SMILES string of the molecule is CCC(C)Cn1cc2c(c1)C(NC)CCC2. The molecule has 0 saturated carbocycles. The van der Waals surface area contributed by atoms with Gasteiger partial charge < -0.3 is 9.88 Å². The number of aryl methyl sites for hydroxylation is 1. The summed E-state index contributed by atoms with van der Waals surface area (Å²) < 4.78 is 2.40. The van der Waals surface area contributed by atoms with Gasteiger partial charge in [-0.2, -0.15) is 0 Å². The minimum Gasteiger partial charge on any atom is -0.353 e. The van der Waals surface area contributed by atoms with Crippen LogP contribution in [-0.2, 0) is 13.0 Å². The van der Waals surface area contributed by atoms with Gasteiger partial charge in [-0.25, -0.2) is 0 Å². The molecule has 1 N–H and O–H groups in total. The Morgan fingerprint density at radius 2 is 2.31 bits per heavy atom. The molecule has 0 saturated heterocycles. The van der Waals surface area contributed by atoms with Crippen molar-refractivity contribution >= 4 is 0 Å². The molecule has 2 heteroatoms. The highest BCUT2D eigenvalue weighted by Crippen LogP contribution is 2.30. The monoisotopic (exact) mass is 220 g/mol. The molecule has 2 unspecified atom stereocenters. The summed E-state index contributed by atoms with van der Waals surface area (Å²) >= 11 is 0. The largest absolute Gasteiger partial charge is 0.353 e. The van der Waals surface area contributed by atoms with Gasteiger partial charge in [0.15, 0.2) is 0 Å². The third kappa shape index (κ3) is 2.32. The molecule has 1 aromatic rings. The first-order chi connectivity index (χ1) is 7.74. The van der Waals surface area contributed by atoms with Gasteiger partial charge in [-0.1, -0.05) is 20.3 Å². The summed E-state index contributed by atoms with van der Waals surface area (Å²) in [6.07, 6.45) is 9.87. The Morgan fingerprint density at radius 1 is 1.50 bits per heavy atom. The molecule has 2 nitrogen and oxygen atoms in total. The van der Waals surface area contributed by atoms with Crippen molar-refractivity contribution in [2.45, 2.75) is 52.1 Å². The molecule has 16 heavy (non-hydrogen) atoms. The van der Waals surface area contributed by atoms with E-state index in [1.165, 1.54) is 37.8 Å². The van der Waals surface area contributed by atoms with Crippen LogP contribution in [0.1, 0.15) is 50.3 Å². The lowest BCUT2D eigenvalue weighted by Crippen LogP contribution is -2.20. The van der Waals surface area contributed by atoms with Gasteiger partial charge in [0, 0.05) is 25.0 Å². The quantitative estimate of drug-likeness (QED) is 0.825. The minimum atomic E-state index is 0.585. The van der Waals surface area contributed by atoms with Crippen LogP contribution in [0.3, 0.4) is 0 Å². The van der Waals surface area contributed by atoms with E-state index < -0.39 is 0 Å². The van der Waals surface area contributed by atoms with Crippen LogP contribution in [-0.4, -0.2) is 11.6 Å². The number of nitrogens with zero attached hydrogens (tertiary/aromatic N) is 1. The molecule has 1 heterocycles. The van der Waals surface area contributed by atoms with Crippen molar-refractivity contribution in [3.8, 4) is 0 Å². The summed E-state index contributed by atoms with van der Waals surface area (Å²) in [7, 11) is 2.08. The van der Waals surface area contributed by atoms with Crippen molar-refractivity contribution in [3.05, 3.63) is 23.5 Å². The molecular weight excluding hydrogens is 196 g/mol. The van der Waals surface area contributed by atoms with Crippen molar-refractivity contribution in [3.63, 3.8) is 0 Å². The topological polar surface area (TPSA) is 17.0 Å². The van der Waals surface area contributed by atoms with Crippen LogP contribution in [0.4, 0.5) is 0 Å². The lowest BCUT2D eigenvalue weighted by atomic mass is 9.91. The molecule has 0 aliphatic heterocycles. The van der Waals surface area contributed by atoms with E-state index in [2.05, 4.69) is 43.2 Å². The predicted octanol–water partition coefficient (Wildman–Crippen LogP) is 3.13. The molecule has 1 aliphatic carbocycles. The van der Waals surface area contributed by atoms with E-state index in [1.807, 2.05) is 0 Å². The molecule has 2 atom stereocenters. The molecule has 90 valence electrons. The Labute approximate surface area is 99.0 Å². The first kappa shape index (κ1) is 11.7. The molecule has 0 bridgehead atoms. The molecule has 1 aliphatic rings. The number of aromatic nitrogens is 1. The zero-order chi connectivity index (χ0) is 11.5. The van der Waals surface area contributed by atoms with Crippen LogP contribution < -0.4 is 5.32 Å². The van der Waals surface area contributed by atoms with Crippen LogP contribution in [0.5, 0.6) is 0 Å². The van der Waals surface area contributed by atoms with Crippen LogP contribution >= 0.6 is 0 Å². The highest BCUT2D eigenvalue weighted by molar-refractivity contribution is 5.30. The van der Waals surface area contributed by atoms with E-state index >= 15 is 0 Å². The lowest BCUT2D eigenvalue weighted by molar-refractivity contribution is 0.467. The van der Waals surface area contributed by atoms with Gasteiger partial charge >= 0.3 is 0 Å².